The molecule has 3 saturated heterocycles. The fraction of sp³-hybridized carbons (Fsp3) is 0.647. The van der Waals surface area contributed by atoms with Gasteiger partial charge >= 0.3 is 6.64 Å². The van der Waals surface area contributed by atoms with Gasteiger partial charge in [0.15, 0.2) is 12.1 Å². The minimum absolute atomic E-state index is 0.0137. The van der Waals surface area contributed by atoms with Gasteiger partial charge < -0.3 is 18.7 Å². The van der Waals surface area contributed by atoms with E-state index in [0.29, 0.717) is 12.3 Å². The highest BCUT2D eigenvalue weighted by atomic mass is 32.5. The third-order valence-electron chi connectivity index (χ3n) is 4.89. The number of hydrogen-bond donors (Lipinski definition) is 0. The van der Waals surface area contributed by atoms with Gasteiger partial charge in [0.25, 0.3) is 5.69 Å². The molecule has 3 heterocycles. The molecule has 0 bridgehead atoms. The van der Waals surface area contributed by atoms with Crippen molar-refractivity contribution in [3.05, 3.63) is 34.4 Å². The van der Waals surface area contributed by atoms with Crippen molar-refractivity contribution in [3.8, 4) is 5.75 Å². The van der Waals surface area contributed by atoms with Crippen LogP contribution in [0, 0.1) is 10.1 Å². The topological polar surface area (TPSA) is 92.5 Å². The summed E-state index contributed by atoms with van der Waals surface area (Å²) in [5, 5.41) is 10.9. The summed E-state index contributed by atoms with van der Waals surface area (Å²) in [6, 6.07) is 5.90. The molecule has 28 heavy (non-hydrogen) atoms. The first-order valence-electron chi connectivity index (χ1n) is 9.09. The van der Waals surface area contributed by atoms with Gasteiger partial charge in [-0.25, -0.2) is 4.67 Å². The maximum atomic E-state index is 10.9. The molecule has 0 aromatic heterocycles. The zero-order valence-corrected chi connectivity index (χ0v) is 17.7. The second kappa shape index (κ2) is 6.98. The van der Waals surface area contributed by atoms with Gasteiger partial charge in [0.2, 0.25) is 0 Å². The van der Waals surface area contributed by atoms with Crippen molar-refractivity contribution in [1.82, 2.24) is 4.67 Å². The van der Waals surface area contributed by atoms with E-state index >= 15 is 0 Å². The molecular formula is C17H23N2O7PS. The molecule has 154 valence electrons. The lowest BCUT2D eigenvalue weighted by Gasteiger charge is -2.44. The molecule has 0 amide bonds. The summed E-state index contributed by atoms with van der Waals surface area (Å²) in [6.45, 7) is 5.29. The van der Waals surface area contributed by atoms with Gasteiger partial charge in [0.05, 0.1) is 4.92 Å². The molecule has 0 aliphatic carbocycles. The molecular weight excluding hydrogens is 407 g/mol. The summed E-state index contributed by atoms with van der Waals surface area (Å²) in [5.41, 5.74) is -0.0137. The molecule has 3 aliphatic heterocycles. The Balaban J connectivity index is 1.58. The zero-order chi connectivity index (χ0) is 20.3. The van der Waals surface area contributed by atoms with E-state index in [-0.39, 0.29) is 23.9 Å². The highest BCUT2D eigenvalue weighted by molar-refractivity contribution is 8.09. The lowest BCUT2D eigenvalue weighted by Crippen LogP contribution is -2.50. The first-order chi connectivity index (χ1) is 13.1. The number of nitro benzene ring substituents is 1. The Kier molecular flexibility index (Phi) is 5.03. The molecule has 1 aromatic rings. The Labute approximate surface area is 168 Å². The number of non-ortho nitro benzene ring substituents is 1. The lowest BCUT2D eigenvalue weighted by atomic mass is 10.1. The molecule has 0 saturated carbocycles. The minimum Gasteiger partial charge on any atom is -0.433 e. The molecule has 5 atom stereocenters. The summed E-state index contributed by atoms with van der Waals surface area (Å²) in [5.74, 6) is -0.321. The van der Waals surface area contributed by atoms with Crippen molar-refractivity contribution in [2.24, 2.45) is 0 Å². The number of rotatable bonds is 4. The lowest BCUT2D eigenvalue weighted by molar-refractivity contribution is -0.384. The smallest absolute Gasteiger partial charge is 0.316 e. The van der Waals surface area contributed by atoms with Gasteiger partial charge in [-0.15, -0.1) is 0 Å². The van der Waals surface area contributed by atoms with Crippen LogP contribution in [-0.2, 0) is 30.5 Å². The zero-order valence-electron chi connectivity index (χ0n) is 16.0. The Morgan fingerprint density at radius 3 is 2.57 bits per heavy atom. The van der Waals surface area contributed by atoms with Gasteiger partial charge in [0.1, 0.15) is 24.1 Å². The highest BCUT2D eigenvalue weighted by Crippen LogP contribution is 2.60. The van der Waals surface area contributed by atoms with Crippen molar-refractivity contribution in [2.75, 3.05) is 6.54 Å². The molecule has 0 spiro atoms. The standard InChI is InChI=1S/C17H23N2O7PS/c1-10(2)18-9-13-14(15-16(22-13)24-17(3,4)23-15)26-27(18,28)25-12-7-5-11(6-8-12)19(20)21/h5-8,10,13-16H,9H2,1-4H3/t13-,14+,15-,16-,27-/m1/s1. The Morgan fingerprint density at radius 1 is 1.29 bits per heavy atom. The second-order valence-electron chi connectivity index (χ2n) is 7.74. The average Bonchev–Trinajstić information content (AvgIpc) is 3.05. The first-order valence-corrected chi connectivity index (χ1v) is 11.7. The van der Waals surface area contributed by atoms with E-state index in [9.17, 15) is 10.1 Å². The number of ether oxygens (including phenoxy) is 3. The van der Waals surface area contributed by atoms with Crippen LogP contribution in [0.4, 0.5) is 5.69 Å². The van der Waals surface area contributed by atoms with E-state index in [1.807, 2.05) is 32.4 Å². The molecule has 3 aliphatic rings. The molecule has 0 N–H and O–H groups in total. The van der Waals surface area contributed by atoms with E-state index in [4.69, 9.17) is 35.1 Å². The Morgan fingerprint density at radius 2 is 1.96 bits per heavy atom. The van der Waals surface area contributed by atoms with Crippen LogP contribution in [0.2, 0.25) is 0 Å². The summed E-state index contributed by atoms with van der Waals surface area (Å²) < 4.78 is 32.2. The van der Waals surface area contributed by atoms with Crippen LogP contribution in [0.3, 0.4) is 0 Å². The monoisotopic (exact) mass is 430 g/mol. The summed E-state index contributed by atoms with van der Waals surface area (Å²) >= 11 is 5.87. The Bertz CT molecular complexity index is 818. The SMILES string of the molecule is CC(C)N1C[C@H]2O[C@@H]3OC(C)(C)O[C@@H]3[C@H]2O[P@]1(=S)Oc1ccc([N+](=O)[O-])cc1. The predicted octanol–water partition coefficient (Wildman–Crippen LogP) is 3.18. The van der Waals surface area contributed by atoms with Crippen LogP contribution < -0.4 is 4.52 Å². The number of nitro groups is 1. The van der Waals surface area contributed by atoms with Crippen molar-refractivity contribution < 1.29 is 28.2 Å². The molecule has 3 fully saturated rings. The maximum Gasteiger partial charge on any atom is 0.316 e. The van der Waals surface area contributed by atoms with Crippen LogP contribution in [0.5, 0.6) is 5.75 Å². The minimum atomic E-state index is -2.92. The van der Waals surface area contributed by atoms with E-state index in [1.54, 1.807) is 0 Å². The molecule has 0 radical (unpaired) electrons. The molecule has 4 rings (SSSR count). The van der Waals surface area contributed by atoms with Crippen LogP contribution in [0.15, 0.2) is 24.3 Å². The third-order valence-corrected chi connectivity index (χ3v) is 8.21. The van der Waals surface area contributed by atoms with E-state index in [2.05, 4.69) is 0 Å². The van der Waals surface area contributed by atoms with Crippen molar-refractivity contribution in [2.45, 2.75) is 64.1 Å². The van der Waals surface area contributed by atoms with Crippen molar-refractivity contribution in [3.63, 3.8) is 0 Å². The van der Waals surface area contributed by atoms with Gasteiger partial charge in [-0.3, -0.25) is 14.6 Å². The van der Waals surface area contributed by atoms with Crippen molar-refractivity contribution in [1.29, 1.82) is 0 Å². The summed E-state index contributed by atoms with van der Waals surface area (Å²) in [6.07, 6.45) is -1.51. The second-order valence-corrected chi connectivity index (χ2v) is 11.0. The first kappa shape index (κ1) is 20.2. The number of fused-ring (bicyclic) bond motifs is 3. The van der Waals surface area contributed by atoms with Gasteiger partial charge in [0, 0.05) is 24.7 Å². The van der Waals surface area contributed by atoms with Crippen LogP contribution in [-0.4, -0.2) is 52.6 Å². The molecule has 0 unspecified atom stereocenters. The van der Waals surface area contributed by atoms with E-state index in [0.717, 1.165) is 0 Å². The van der Waals surface area contributed by atoms with Gasteiger partial charge in [-0.2, -0.15) is 0 Å². The molecule has 1 aromatic carbocycles. The average molecular weight is 430 g/mol. The number of nitrogens with zero attached hydrogens (tertiary/aromatic N) is 2. The fourth-order valence-electron chi connectivity index (χ4n) is 3.65. The fourth-order valence-corrected chi connectivity index (χ4v) is 7.12. The van der Waals surface area contributed by atoms with E-state index in [1.165, 1.54) is 24.3 Å². The predicted molar refractivity (Wildman–Crippen MR) is 103 cm³/mol. The highest BCUT2D eigenvalue weighted by Gasteiger charge is 2.60. The quantitative estimate of drug-likeness (QED) is 0.406. The normalized spacial score (nSPS) is 36.9. The van der Waals surface area contributed by atoms with Crippen LogP contribution in [0.1, 0.15) is 27.7 Å². The molecule has 9 nitrogen and oxygen atoms in total. The van der Waals surface area contributed by atoms with Crippen molar-refractivity contribution >= 4 is 24.1 Å². The number of benzene rings is 1. The maximum absolute atomic E-state index is 10.9. The Hall–Kier alpha value is -1.13. The molecule has 11 heteroatoms. The van der Waals surface area contributed by atoms with Crippen LogP contribution >= 0.6 is 6.64 Å². The third kappa shape index (κ3) is 3.59. The summed E-state index contributed by atoms with van der Waals surface area (Å²) in [4.78, 5) is 10.4. The summed E-state index contributed by atoms with van der Waals surface area (Å²) in [7, 11) is 0. The van der Waals surface area contributed by atoms with Gasteiger partial charge in [-0.05, 0) is 51.6 Å². The largest absolute Gasteiger partial charge is 0.433 e. The van der Waals surface area contributed by atoms with Gasteiger partial charge in [-0.1, -0.05) is 0 Å². The van der Waals surface area contributed by atoms with Crippen LogP contribution in [0.25, 0.3) is 0 Å². The number of hydrogen-bond acceptors (Lipinski definition) is 8. The van der Waals surface area contributed by atoms with E-state index < -0.39 is 29.7 Å².